The van der Waals surface area contributed by atoms with Crippen LogP contribution >= 0.6 is 0 Å². The molecule has 6 heteroatoms. The molecule has 4 nitrogen and oxygen atoms in total. The maximum atomic E-state index is 13.1. The van der Waals surface area contributed by atoms with Gasteiger partial charge in [0.25, 0.3) is 0 Å². The normalized spacial score (nSPS) is 18.8. The van der Waals surface area contributed by atoms with Crippen LogP contribution in [0, 0.1) is 5.82 Å². The van der Waals surface area contributed by atoms with Crippen molar-refractivity contribution in [1.82, 2.24) is 9.62 Å². The highest BCUT2D eigenvalue weighted by Gasteiger charge is 2.23. The summed E-state index contributed by atoms with van der Waals surface area (Å²) in [6, 6.07) is 4.94. The van der Waals surface area contributed by atoms with E-state index in [1.54, 1.807) is 12.1 Å². The average molecular weight is 286 g/mol. The van der Waals surface area contributed by atoms with Crippen LogP contribution in [-0.4, -0.2) is 39.1 Å². The molecule has 0 fully saturated rings. The van der Waals surface area contributed by atoms with Crippen molar-refractivity contribution in [2.24, 2.45) is 0 Å². The van der Waals surface area contributed by atoms with Crippen molar-refractivity contribution in [3.05, 3.63) is 35.1 Å². The molecule has 19 heavy (non-hydrogen) atoms. The molecular formula is C13H19FN2O2S. The number of nitrogens with zero attached hydrogens (tertiary/aromatic N) is 1. The second kappa shape index (κ2) is 5.56. The Morgan fingerprint density at radius 1 is 1.42 bits per heavy atom. The lowest BCUT2D eigenvalue weighted by molar-refractivity contribution is 0.506. The lowest BCUT2D eigenvalue weighted by atomic mass is 10.1. The van der Waals surface area contributed by atoms with Gasteiger partial charge in [-0.05, 0) is 36.1 Å². The molecule has 1 N–H and O–H groups in total. The standard InChI is InChI=1S/C13H19FN2O2S/c1-16(2)19(17,18)8-7-15-13-6-3-10-9-11(14)4-5-12(10)13/h4-5,9,13,15H,3,6-8H2,1-2H3. The Hall–Kier alpha value is -0.980. The minimum absolute atomic E-state index is 0.0764. The second-order valence-electron chi connectivity index (χ2n) is 4.99. The van der Waals surface area contributed by atoms with Crippen LogP contribution in [0.15, 0.2) is 18.2 Å². The lowest BCUT2D eigenvalue weighted by Gasteiger charge is -2.16. The second-order valence-corrected chi connectivity index (χ2v) is 7.29. The first kappa shape index (κ1) is 14.4. The molecule has 1 aliphatic rings. The van der Waals surface area contributed by atoms with Crippen molar-refractivity contribution in [2.75, 3.05) is 26.4 Å². The Morgan fingerprint density at radius 3 is 2.84 bits per heavy atom. The number of fused-ring (bicyclic) bond motifs is 1. The smallest absolute Gasteiger partial charge is 0.214 e. The molecule has 1 aliphatic carbocycles. The Morgan fingerprint density at radius 2 is 2.16 bits per heavy atom. The predicted octanol–water partition coefficient (Wildman–Crippen LogP) is 1.29. The quantitative estimate of drug-likeness (QED) is 0.887. The number of halogens is 1. The fraction of sp³-hybridized carbons (Fsp3) is 0.538. The zero-order valence-corrected chi connectivity index (χ0v) is 12.0. The summed E-state index contributed by atoms with van der Waals surface area (Å²) in [4.78, 5) is 0. The molecule has 1 aromatic carbocycles. The van der Waals surface area contributed by atoms with Crippen LogP contribution in [0.2, 0.25) is 0 Å². The van der Waals surface area contributed by atoms with Crippen LogP contribution in [0.3, 0.4) is 0 Å². The average Bonchev–Trinajstić information content (AvgIpc) is 2.71. The fourth-order valence-corrected chi connectivity index (χ4v) is 3.08. The fourth-order valence-electron chi connectivity index (χ4n) is 2.34. The molecule has 106 valence electrons. The highest BCUT2D eigenvalue weighted by atomic mass is 32.2. The summed E-state index contributed by atoms with van der Waals surface area (Å²) in [5.74, 6) is -0.137. The molecule has 2 rings (SSSR count). The van der Waals surface area contributed by atoms with E-state index >= 15 is 0 Å². The summed E-state index contributed by atoms with van der Waals surface area (Å²) in [5, 5.41) is 3.24. The van der Waals surface area contributed by atoms with E-state index in [2.05, 4.69) is 5.32 Å². The number of hydrogen-bond acceptors (Lipinski definition) is 3. The van der Waals surface area contributed by atoms with Gasteiger partial charge in [-0.25, -0.2) is 17.1 Å². The number of benzene rings is 1. The number of rotatable bonds is 5. The number of sulfonamides is 1. The van der Waals surface area contributed by atoms with Crippen LogP contribution in [0.1, 0.15) is 23.6 Å². The lowest BCUT2D eigenvalue weighted by Crippen LogP contribution is -2.32. The molecule has 0 bridgehead atoms. The van der Waals surface area contributed by atoms with Gasteiger partial charge in [0.2, 0.25) is 10.0 Å². The van der Waals surface area contributed by atoms with Crippen LogP contribution in [0.5, 0.6) is 0 Å². The highest BCUT2D eigenvalue weighted by Crippen LogP contribution is 2.31. The van der Waals surface area contributed by atoms with E-state index in [-0.39, 0.29) is 17.6 Å². The molecule has 1 atom stereocenters. The van der Waals surface area contributed by atoms with Crippen LogP contribution in [0.4, 0.5) is 4.39 Å². The molecule has 0 heterocycles. The molecule has 0 amide bonds. The van der Waals surface area contributed by atoms with Gasteiger partial charge in [-0.1, -0.05) is 6.07 Å². The van der Waals surface area contributed by atoms with Gasteiger partial charge in [0, 0.05) is 26.7 Å². The summed E-state index contributed by atoms with van der Waals surface area (Å²) in [6.07, 6.45) is 1.73. The Kier molecular flexibility index (Phi) is 4.23. The molecule has 0 aliphatic heterocycles. The van der Waals surface area contributed by atoms with E-state index in [9.17, 15) is 12.8 Å². The van der Waals surface area contributed by atoms with Gasteiger partial charge in [0.05, 0.1) is 5.75 Å². The van der Waals surface area contributed by atoms with E-state index in [4.69, 9.17) is 0 Å². The third kappa shape index (κ3) is 3.32. The zero-order valence-electron chi connectivity index (χ0n) is 11.2. The molecule has 0 radical (unpaired) electrons. The number of hydrogen-bond donors (Lipinski definition) is 1. The van der Waals surface area contributed by atoms with Gasteiger partial charge in [-0.3, -0.25) is 0 Å². The summed E-state index contributed by atoms with van der Waals surface area (Å²) < 4.78 is 37.6. The zero-order chi connectivity index (χ0) is 14.0. The van der Waals surface area contributed by atoms with Crippen molar-refractivity contribution in [1.29, 1.82) is 0 Å². The van der Waals surface area contributed by atoms with Crippen LogP contribution < -0.4 is 5.32 Å². The number of nitrogens with one attached hydrogen (secondary N) is 1. The first-order valence-corrected chi connectivity index (χ1v) is 7.93. The maximum Gasteiger partial charge on any atom is 0.214 e. The van der Waals surface area contributed by atoms with Crippen molar-refractivity contribution in [3.63, 3.8) is 0 Å². The van der Waals surface area contributed by atoms with Crippen LogP contribution in [0.25, 0.3) is 0 Å². The van der Waals surface area contributed by atoms with E-state index in [0.29, 0.717) is 6.54 Å². The third-order valence-corrected chi connectivity index (χ3v) is 5.32. The molecule has 0 aromatic heterocycles. The van der Waals surface area contributed by atoms with E-state index in [1.807, 2.05) is 0 Å². The first-order chi connectivity index (χ1) is 8.90. The van der Waals surface area contributed by atoms with Gasteiger partial charge in [-0.2, -0.15) is 0 Å². The summed E-state index contributed by atoms with van der Waals surface area (Å²) >= 11 is 0. The van der Waals surface area contributed by atoms with Gasteiger partial charge in [0.15, 0.2) is 0 Å². The van der Waals surface area contributed by atoms with E-state index in [1.165, 1.54) is 24.5 Å². The SMILES string of the molecule is CN(C)S(=O)(=O)CCNC1CCc2cc(F)ccc21. The minimum atomic E-state index is -3.16. The van der Waals surface area contributed by atoms with Crippen molar-refractivity contribution < 1.29 is 12.8 Å². The van der Waals surface area contributed by atoms with Crippen molar-refractivity contribution in [2.45, 2.75) is 18.9 Å². The molecular weight excluding hydrogens is 267 g/mol. The largest absolute Gasteiger partial charge is 0.309 e. The molecule has 1 unspecified atom stereocenters. The molecule has 0 saturated heterocycles. The van der Waals surface area contributed by atoms with Gasteiger partial charge < -0.3 is 5.32 Å². The summed E-state index contributed by atoms with van der Waals surface area (Å²) in [6.45, 7) is 0.405. The Balaban J connectivity index is 1.94. The molecule has 0 spiro atoms. The minimum Gasteiger partial charge on any atom is -0.309 e. The monoisotopic (exact) mass is 286 g/mol. The summed E-state index contributed by atoms with van der Waals surface area (Å²) in [5.41, 5.74) is 2.11. The third-order valence-electron chi connectivity index (χ3n) is 3.49. The van der Waals surface area contributed by atoms with Gasteiger partial charge >= 0.3 is 0 Å². The molecule has 0 saturated carbocycles. The Labute approximate surface area is 113 Å². The van der Waals surface area contributed by atoms with Gasteiger partial charge in [0.1, 0.15) is 5.82 Å². The predicted molar refractivity (Wildman–Crippen MR) is 72.9 cm³/mol. The number of aryl methyl sites for hydroxylation is 1. The molecule has 1 aromatic rings. The van der Waals surface area contributed by atoms with Crippen molar-refractivity contribution in [3.8, 4) is 0 Å². The topological polar surface area (TPSA) is 49.4 Å². The summed E-state index contributed by atoms with van der Waals surface area (Å²) in [7, 11) is -0.102. The van der Waals surface area contributed by atoms with Crippen LogP contribution in [-0.2, 0) is 16.4 Å². The van der Waals surface area contributed by atoms with E-state index < -0.39 is 10.0 Å². The highest BCUT2D eigenvalue weighted by molar-refractivity contribution is 7.89. The van der Waals surface area contributed by atoms with Crippen molar-refractivity contribution >= 4 is 10.0 Å². The van der Waals surface area contributed by atoms with E-state index in [0.717, 1.165) is 24.0 Å². The Bertz CT molecular complexity index is 558. The van der Waals surface area contributed by atoms with Gasteiger partial charge in [-0.15, -0.1) is 0 Å². The first-order valence-electron chi connectivity index (χ1n) is 6.32. The maximum absolute atomic E-state index is 13.1.